The van der Waals surface area contributed by atoms with Gasteiger partial charge in [-0.3, -0.25) is 0 Å². The zero-order valence-corrected chi connectivity index (χ0v) is 9.68. The summed E-state index contributed by atoms with van der Waals surface area (Å²) in [4.78, 5) is 0. The Kier molecular flexibility index (Phi) is 5.53. The predicted octanol–water partition coefficient (Wildman–Crippen LogP) is 1.63. The van der Waals surface area contributed by atoms with Crippen LogP contribution in [0.15, 0.2) is 0 Å². The summed E-state index contributed by atoms with van der Waals surface area (Å²) in [6.07, 6.45) is -0.164. The summed E-state index contributed by atoms with van der Waals surface area (Å²) in [6, 6.07) is 0.217. The minimum atomic E-state index is -0.164. The summed E-state index contributed by atoms with van der Waals surface area (Å²) < 4.78 is 10.3. The summed E-state index contributed by atoms with van der Waals surface area (Å²) in [5.41, 5.74) is 0.292. The molecule has 0 amide bonds. The van der Waals surface area contributed by atoms with Crippen LogP contribution >= 0.6 is 0 Å². The second kappa shape index (κ2) is 5.58. The number of hydrogen-bond donors (Lipinski definition) is 1. The Labute approximate surface area is 81.8 Å². The van der Waals surface area contributed by atoms with Crippen LogP contribution in [0.4, 0.5) is 0 Å². The molecule has 3 heteroatoms. The first-order chi connectivity index (χ1) is 5.90. The number of ether oxygens (including phenoxy) is 2. The lowest BCUT2D eigenvalue weighted by molar-refractivity contribution is -0.120. The first-order valence-electron chi connectivity index (χ1n) is 4.69. The van der Waals surface area contributed by atoms with E-state index in [0.717, 1.165) is 6.54 Å². The van der Waals surface area contributed by atoms with Crippen LogP contribution in [0.3, 0.4) is 0 Å². The van der Waals surface area contributed by atoms with Gasteiger partial charge in [0.2, 0.25) is 0 Å². The second-order valence-corrected chi connectivity index (χ2v) is 4.57. The monoisotopic (exact) mass is 189 g/mol. The summed E-state index contributed by atoms with van der Waals surface area (Å²) in [6.45, 7) is 9.60. The Hall–Kier alpha value is -0.120. The minimum Gasteiger partial charge on any atom is -0.354 e. The molecule has 0 aliphatic rings. The van der Waals surface area contributed by atoms with E-state index in [1.807, 2.05) is 0 Å². The molecular formula is C10H23NO2. The molecule has 0 spiro atoms. The third kappa shape index (κ3) is 6.02. The molecule has 0 fully saturated rings. The first kappa shape index (κ1) is 12.9. The van der Waals surface area contributed by atoms with Crippen LogP contribution in [0, 0.1) is 5.41 Å². The lowest BCUT2D eigenvalue weighted by atomic mass is 9.96. The molecule has 1 unspecified atom stereocenters. The Balaban J connectivity index is 3.78. The molecule has 0 saturated heterocycles. The van der Waals surface area contributed by atoms with Gasteiger partial charge in [-0.05, 0) is 12.3 Å². The standard InChI is InChI=1S/C10H23NO2/c1-8(9(12-5)13-6)11-7-10(2,3)4/h8-9,11H,7H2,1-6H3. The van der Waals surface area contributed by atoms with Crippen LogP contribution in [0.1, 0.15) is 27.7 Å². The first-order valence-corrected chi connectivity index (χ1v) is 4.69. The van der Waals surface area contributed by atoms with Gasteiger partial charge in [-0.15, -0.1) is 0 Å². The van der Waals surface area contributed by atoms with Crippen molar-refractivity contribution in [2.75, 3.05) is 20.8 Å². The van der Waals surface area contributed by atoms with E-state index in [9.17, 15) is 0 Å². The van der Waals surface area contributed by atoms with E-state index in [-0.39, 0.29) is 12.3 Å². The van der Waals surface area contributed by atoms with Gasteiger partial charge in [0.25, 0.3) is 0 Å². The molecule has 80 valence electrons. The molecule has 0 radical (unpaired) electrons. The highest BCUT2D eigenvalue weighted by Crippen LogP contribution is 2.11. The van der Waals surface area contributed by atoms with Gasteiger partial charge >= 0.3 is 0 Å². The van der Waals surface area contributed by atoms with E-state index in [1.165, 1.54) is 0 Å². The predicted molar refractivity (Wildman–Crippen MR) is 54.7 cm³/mol. The fraction of sp³-hybridized carbons (Fsp3) is 1.00. The SMILES string of the molecule is COC(OC)C(C)NCC(C)(C)C. The number of rotatable bonds is 5. The van der Waals surface area contributed by atoms with Gasteiger partial charge in [-0.2, -0.15) is 0 Å². The van der Waals surface area contributed by atoms with Crippen LogP contribution in [0.25, 0.3) is 0 Å². The van der Waals surface area contributed by atoms with Crippen molar-refractivity contribution >= 4 is 0 Å². The average Bonchev–Trinajstić information content (AvgIpc) is 2.02. The van der Waals surface area contributed by atoms with E-state index in [1.54, 1.807) is 14.2 Å². The number of nitrogens with one attached hydrogen (secondary N) is 1. The highest BCUT2D eigenvalue weighted by atomic mass is 16.7. The third-order valence-electron chi connectivity index (χ3n) is 1.83. The fourth-order valence-electron chi connectivity index (χ4n) is 1.07. The van der Waals surface area contributed by atoms with Crippen LogP contribution in [-0.4, -0.2) is 33.1 Å². The highest BCUT2D eigenvalue weighted by Gasteiger charge is 2.18. The third-order valence-corrected chi connectivity index (χ3v) is 1.83. The zero-order valence-electron chi connectivity index (χ0n) is 9.68. The summed E-state index contributed by atoms with van der Waals surface area (Å²) >= 11 is 0. The van der Waals surface area contributed by atoms with Crippen LogP contribution in [0.2, 0.25) is 0 Å². The molecule has 0 aromatic carbocycles. The van der Waals surface area contributed by atoms with E-state index in [0.29, 0.717) is 5.41 Å². The van der Waals surface area contributed by atoms with Gasteiger partial charge in [-0.25, -0.2) is 0 Å². The van der Waals surface area contributed by atoms with Gasteiger partial charge in [0, 0.05) is 20.8 Å². The molecule has 3 nitrogen and oxygen atoms in total. The van der Waals surface area contributed by atoms with E-state index in [4.69, 9.17) is 9.47 Å². The largest absolute Gasteiger partial charge is 0.354 e. The van der Waals surface area contributed by atoms with Crippen LogP contribution in [0.5, 0.6) is 0 Å². The smallest absolute Gasteiger partial charge is 0.171 e. The molecule has 0 aromatic rings. The molecule has 0 rings (SSSR count). The van der Waals surface area contributed by atoms with Crippen molar-refractivity contribution in [1.29, 1.82) is 0 Å². The molecular weight excluding hydrogens is 166 g/mol. The normalized spacial score (nSPS) is 15.0. The van der Waals surface area contributed by atoms with Crippen LogP contribution < -0.4 is 5.32 Å². The average molecular weight is 189 g/mol. The molecule has 1 atom stereocenters. The molecule has 0 aliphatic heterocycles. The molecule has 0 saturated carbocycles. The molecule has 0 heterocycles. The number of methoxy groups -OCH3 is 2. The summed E-state index contributed by atoms with van der Waals surface area (Å²) in [7, 11) is 3.31. The van der Waals surface area contributed by atoms with Gasteiger partial charge in [-0.1, -0.05) is 20.8 Å². The molecule has 0 aromatic heterocycles. The Morgan fingerprint density at radius 1 is 1.15 bits per heavy atom. The Morgan fingerprint density at radius 2 is 1.62 bits per heavy atom. The highest BCUT2D eigenvalue weighted by molar-refractivity contribution is 4.70. The fourth-order valence-corrected chi connectivity index (χ4v) is 1.07. The van der Waals surface area contributed by atoms with Crippen molar-refractivity contribution in [3.63, 3.8) is 0 Å². The van der Waals surface area contributed by atoms with Gasteiger partial charge in [0.05, 0.1) is 6.04 Å². The minimum absolute atomic E-state index is 0.164. The number of hydrogen-bond acceptors (Lipinski definition) is 3. The van der Waals surface area contributed by atoms with E-state index in [2.05, 4.69) is 33.0 Å². The molecule has 1 N–H and O–H groups in total. The van der Waals surface area contributed by atoms with Crippen molar-refractivity contribution in [2.45, 2.75) is 40.0 Å². The van der Waals surface area contributed by atoms with Gasteiger partial charge in [0.15, 0.2) is 6.29 Å². The Morgan fingerprint density at radius 3 is 1.92 bits per heavy atom. The molecule has 0 aliphatic carbocycles. The van der Waals surface area contributed by atoms with Crippen molar-refractivity contribution < 1.29 is 9.47 Å². The quantitative estimate of drug-likeness (QED) is 0.667. The van der Waals surface area contributed by atoms with Crippen molar-refractivity contribution in [1.82, 2.24) is 5.32 Å². The van der Waals surface area contributed by atoms with Gasteiger partial charge < -0.3 is 14.8 Å². The summed E-state index contributed by atoms with van der Waals surface area (Å²) in [5, 5.41) is 3.37. The van der Waals surface area contributed by atoms with E-state index < -0.39 is 0 Å². The van der Waals surface area contributed by atoms with Crippen molar-refractivity contribution in [3.8, 4) is 0 Å². The van der Waals surface area contributed by atoms with Crippen molar-refractivity contribution in [3.05, 3.63) is 0 Å². The van der Waals surface area contributed by atoms with Crippen LogP contribution in [-0.2, 0) is 9.47 Å². The second-order valence-electron chi connectivity index (χ2n) is 4.57. The maximum Gasteiger partial charge on any atom is 0.171 e. The lowest BCUT2D eigenvalue weighted by Gasteiger charge is -2.26. The maximum atomic E-state index is 5.14. The lowest BCUT2D eigenvalue weighted by Crippen LogP contribution is -2.43. The maximum absolute atomic E-state index is 5.14. The van der Waals surface area contributed by atoms with E-state index >= 15 is 0 Å². The van der Waals surface area contributed by atoms with Gasteiger partial charge in [0.1, 0.15) is 0 Å². The Bertz CT molecular complexity index is 127. The summed E-state index contributed by atoms with van der Waals surface area (Å²) in [5.74, 6) is 0. The van der Waals surface area contributed by atoms with Crippen molar-refractivity contribution in [2.24, 2.45) is 5.41 Å². The zero-order chi connectivity index (χ0) is 10.5. The molecule has 13 heavy (non-hydrogen) atoms. The topological polar surface area (TPSA) is 30.5 Å². The molecule has 0 bridgehead atoms.